The third kappa shape index (κ3) is 6.73. The van der Waals surface area contributed by atoms with Crippen LogP contribution in [0.15, 0.2) is 30.5 Å². The quantitative estimate of drug-likeness (QED) is 0.320. The van der Waals surface area contributed by atoms with E-state index in [1.165, 1.54) is 16.7 Å². The third-order valence-electron chi connectivity index (χ3n) is 7.37. The summed E-state index contributed by atoms with van der Waals surface area (Å²) in [5.74, 6) is 0.0778. The summed E-state index contributed by atoms with van der Waals surface area (Å²) in [7, 11) is 1.53. The normalized spacial score (nSPS) is 16.4. The van der Waals surface area contributed by atoms with Gasteiger partial charge in [-0.2, -0.15) is 31.1 Å². The van der Waals surface area contributed by atoms with E-state index >= 15 is 0 Å². The van der Waals surface area contributed by atoms with E-state index in [2.05, 4.69) is 15.4 Å². The highest BCUT2D eigenvalue weighted by molar-refractivity contribution is 5.41. The van der Waals surface area contributed by atoms with E-state index in [1.54, 1.807) is 0 Å². The van der Waals surface area contributed by atoms with Crippen molar-refractivity contribution in [3.05, 3.63) is 64.0 Å². The molecule has 0 radical (unpaired) electrons. The second-order valence-corrected chi connectivity index (χ2v) is 10.7. The van der Waals surface area contributed by atoms with Crippen LogP contribution in [0.4, 0.5) is 32.3 Å². The van der Waals surface area contributed by atoms with Gasteiger partial charge in [-0.05, 0) is 72.7 Å². The summed E-state index contributed by atoms with van der Waals surface area (Å²) < 4.78 is 81.4. The van der Waals surface area contributed by atoms with Crippen LogP contribution in [0.2, 0.25) is 0 Å². The number of rotatable bonds is 9. The van der Waals surface area contributed by atoms with Gasteiger partial charge in [0.15, 0.2) is 0 Å². The molecule has 2 heterocycles. The number of benzene rings is 1. The molecule has 1 saturated carbocycles. The predicted molar refractivity (Wildman–Crippen MR) is 137 cm³/mol. The number of tetrazole rings is 1. The Labute approximate surface area is 228 Å². The molecule has 2 aromatic heterocycles. The summed E-state index contributed by atoms with van der Waals surface area (Å²) in [5, 5.41) is 12.1. The van der Waals surface area contributed by atoms with Gasteiger partial charge in [-0.3, -0.25) is 4.98 Å². The molecular weight excluding hydrogens is 536 g/mol. The molecule has 1 atom stereocenters. The van der Waals surface area contributed by atoms with E-state index < -0.39 is 23.5 Å². The van der Waals surface area contributed by atoms with Crippen LogP contribution in [0.3, 0.4) is 0 Å². The van der Waals surface area contributed by atoms with Crippen molar-refractivity contribution in [2.75, 3.05) is 4.90 Å². The third-order valence-corrected chi connectivity index (χ3v) is 7.37. The van der Waals surface area contributed by atoms with Crippen LogP contribution in [-0.4, -0.2) is 31.2 Å². The van der Waals surface area contributed by atoms with E-state index in [9.17, 15) is 26.3 Å². The molecule has 7 nitrogen and oxygen atoms in total. The van der Waals surface area contributed by atoms with Crippen LogP contribution in [-0.2, 0) is 44.3 Å². The molecule has 218 valence electrons. The fourth-order valence-corrected chi connectivity index (χ4v) is 5.69. The molecule has 3 aromatic rings. The molecule has 4 rings (SSSR count). The number of pyridine rings is 1. The molecule has 1 aromatic carbocycles. The van der Waals surface area contributed by atoms with Crippen molar-refractivity contribution >= 4 is 5.95 Å². The number of alkyl halides is 6. The molecule has 0 bridgehead atoms. The second kappa shape index (κ2) is 11.3. The van der Waals surface area contributed by atoms with Crippen molar-refractivity contribution in [1.82, 2.24) is 25.2 Å². The summed E-state index contributed by atoms with van der Waals surface area (Å²) in [5.41, 5.74) is 5.68. The Morgan fingerprint density at radius 3 is 2.10 bits per heavy atom. The zero-order valence-electron chi connectivity index (χ0n) is 22.6. The van der Waals surface area contributed by atoms with Crippen molar-refractivity contribution in [3.8, 4) is 0 Å². The maximum absolute atomic E-state index is 13.6. The lowest BCUT2D eigenvalue weighted by atomic mass is 9.75. The van der Waals surface area contributed by atoms with Crippen LogP contribution in [0, 0.1) is 0 Å². The Hall–Kier alpha value is -3.22. The van der Waals surface area contributed by atoms with Crippen LogP contribution >= 0.6 is 0 Å². The number of aryl methyl sites for hydroxylation is 2. The Morgan fingerprint density at radius 2 is 1.60 bits per heavy atom. The maximum atomic E-state index is 13.6. The molecule has 40 heavy (non-hydrogen) atoms. The highest BCUT2D eigenvalue weighted by Gasteiger charge is 2.40. The topological polar surface area (TPSA) is 85.8 Å². The lowest BCUT2D eigenvalue weighted by Gasteiger charge is -2.33. The zero-order chi connectivity index (χ0) is 29.3. The average Bonchev–Trinajstić information content (AvgIpc) is 3.51. The number of halogens is 6. The molecule has 0 aliphatic heterocycles. The standard InChI is InChI=1S/C27H33F6N7/c1-4-18-9-20(23(35-14-18)25(13-17(2)34)7-5-6-8-25)16-40(24-36-38-39(3)37-24)15-19-10-21(26(28,29)30)12-22(11-19)27(31,32)33/h9-12,14,17H,4-8,13,15-16,34H2,1-3H3. The Bertz CT molecular complexity index is 1280. The van der Waals surface area contributed by atoms with Gasteiger partial charge in [-0.15, -0.1) is 5.10 Å². The van der Waals surface area contributed by atoms with Gasteiger partial charge >= 0.3 is 12.4 Å². The van der Waals surface area contributed by atoms with Gasteiger partial charge < -0.3 is 10.6 Å². The van der Waals surface area contributed by atoms with Crippen molar-refractivity contribution in [2.24, 2.45) is 12.8 Å². The lowest BCUT2D eigenvalue weighted by Crippen LogP contribution is -2.34. The van der Waals surface area contributed by atoms with Gasteiger partial charge in [0.1, 0.15) is 0 Å². The van der Waals surface area contributed by atoms with Gasteiger partial charge in [0.25, 0.3) is 5.95 Å². The Kier molecular flexibility index (Phi) is 8.44. The van der Waals surface area contributed by atoms with E-state index in [4.69, 9.17) is 10.7 Å². The molecule has 0 spiro atoms. The van der Waals surface area contributed by atoms with Crippen LogP contribution in [0.1, 0.15) is 79.5 Å². The SMILES string of the molecule is CCc1cnc(C2(CC(C)N)CCCC2)c(CN(Cc2cc(C(F)(F)F)cc(C(F)(F)F)c2)c2nnn(C)n2)c1. The molecular formula is C27H33F6N7. The lowest BCUT2D eigenvalue weighted by molar-refractivity contribution is -0.143. The molecule has 0 saturated heterocycles. The first-order chi connectivity index (χ1) is 18.7. The molecule has 13 heteroatoms. The summed E-state index contributed by atoms with van der Waals surface area (Å²) in [6, 6.07) is 3.50. The number of nitrogens with zero attached hydrogens (tertiary/aromatic N) is 6. The van der Waals surface area contributed by atoms with Gasteiger partial charge in [-0.1, -0.05) is 30.9 Å². The molecule has 1 unspecified atom stereocenters. The first kappa shape index (κ1) is 29.8. The number of anilines is 1. The van der Waals surface area contributed by atoms with Crippen LogP contribution in [0.25, 0.3) is 0 Å². The number of hydrogen-bond acceptors (Lipinski definition) is 6. The van der Waals surface area contributed by atoms with Gasteiger partial charge in [0.2, 0.25) is 0 Å². The predicted octanol–water partition coefficient (Wildman–Crippen LogP) is 5.96. The molecule has 2 N–H and O–H groups in total. The van der Waals surface area contributed by atoms with E-state index in [0.717, 1.165) is 54.6 Å². The monoisotopic (exact) mass is 569 g/mol. The van der Waals surface area contributed by atoms with Crippen molar-refractivity contribution in [1.29, 1.82) is 0 Å². The highest BCUT2D eigenvalue weighted by Crippen LogP contribution is 2.45. The molecule has 1 fully saturated rings. The molecule has 0 amide bonds. The summed E-state index contributed by atoms with van der Waals surface area (Å²) in [6.45, 7) is 3.73. The molecule has 1 aliphatic rings. The summed E-state index contributed by atoms with van der Waals surface area (Å²) >= 11 is 0. The fraction of sp³-hybridized carbons (Fsp3) is 0.556. The van der Waals surface area contributed by atoms with E-state index in [0.29, 0.717) is 12.8 Å². The van der Waals surface area contributed by atoms with E-state index in [1.807, 2.05) is 26.1 Å². The van der Waals surface area contributed by atoms with Gasteiger partial charge in [0, 0.05) is 30.7 Å². The molecule has 1 aliphatic carbocycles. The number of nitrogens with two attached hydrogens (primary N) is 1. The Balaban J connectivity index is 1.81. The minimum Gasteiger partial charge on any atom is -0.329 e. The second-order valence-electron chi connectivity index (χ2n) is 10.7. The Morgan fingerprint density at radius 1 is 0.975 bits per heavy atom. The number of aromatic nitrogens is 5. The van der Waals surface area contributed by atoms with E-state index in [-0.39, 0.29) is 42.1 Å². The highest BCUT2D eigenvalue weighted by atomic mass is 19.4. The smallest absolute Gasteiger partial charge is 0.329 e. The van der Waals surface area contributed by atoms with Gasteiger partial charge in [0.05, 0.1) is 23.9 Å². The fourth-order valence-electron chi connectivity index (χ4n) is 5.69. The van der Waals surface area contributed by atoms with Crippen LogP contribution in [0.5, 0.6) is 0 Å². The first-order valence-electron chi connectivity index (χ1n) is 13.2. The minimum atomic E-state index is -4.95. The van der Waals surface area contributed by atoms with Crippen molar-refractivity contribution < 1.29 is 26.3 Å². The van der Waals surface area contributed by atoms with Crippen LogP contribution < -0.4 is 10.6 Å². The zero-order valence-corrected chi connectivity index (χ0v) is 22.6. The number of hydrogen-bond donors (Lipinski definition) is 1. The first-order valence-corrected chi connectivity index (χ1v) is 13.2. The van der Waals surface area contributed by atoms with Crippen molar-refractivity contribution in [2.45, 2.75) is 89.3 Å². The maximum Gasteiger partial charge on any atom is 0.416 e. The summed E-state index contributed by atoms with van der Waals surface area (Å²) in [6.07, 6.45) is -2.84. The van der Waals surface area contributed by atoms with Crippen molar-refractivity contribution in [3.63, 3.8) is 0 Å². The average molecular weight is 570 g/mol. The largest absolute Gasteiger partial charge is 0.416 e. The van der Waals surface area contributed by atoms with Gasteiger partial charge in [-0.25, -0.2) is 0 Å². The minimum absolute atomic E-state index is 0.0778. The summed E-state index contributed by atoms with van der Waals surface area (Å²) in [4.78, 5) is 7.59.